The van der Waals surface area contributed by atoms with Crippen LogP contribution in [0.25, 0.3) is 0 Å². The lowest BCUT2D eigenvalue weighted by molar-refractivity contribution is -0.151. The highest BCUT2D eigenvalue weighted by molar-refractivity contribution is 5.86. The van der Waals surface area contributed by atoms with Crippen LogP contribution in [0, 0.1) is 17.8 Å². The molecular weight excluding hydrogens is 222 g/mol. The first-order valence-electron chi connectivity index (χ1n) is 6.19. The number of carbonyl (C=O) groups excluding carboxylic acids is 2. The van der Waals surface area contributed by atoms with Gasteiger partial charge < -0.3 is 15.2 Å². The van der Waals surface area contributed by atoms with Gasteiger partial charge in [0.15, 0.2) is 0 Å². The molecule has 0 amide bonds. The molecule has 96 valence electrons. The fourth-order valence-corrected chi connectivity index (χ4v) is 3.07. The van der Waals surface area contributed by atoms with Crippen molar-refractivity contribution >= 4 is 11.9 Å². The zero-order valence-corrected chi connectivity index (χ0v) is 10.3. The molecule has 2 rings (SSSR count). The lowest BCUT2D eigenvalue weighted by atomic mass is 9.91. The Labute approximate surface area is 101 Å². The lowest BCUT2D eigenvalue weighted by Crippen LogP contribution is -2.50. The molecule has 2 N–H and O–H groups in total. The summed E-state index contributed by atoms with van der Waals surface area (Å²) in [4.78, 5) is 23.5. The highest BCUT2D eigenvalue weighted by Crippen LogP contribution is 2.62. The molecule has 5 nitrogen and oxygen atoms in total. The Kier molecular flexibility index (Phi) is 3.12. The Morgan fingerprint density at radius 2 is 1.94 bits per heavy atom. The maximum Gasteiger partial charge on any atom is 0.326 e. The van der Waals surface area contributed by atoms with Crippen molar-refractivity contribution < 1.29 is 19.1 Å². The molecule has 0 aliphatic heterocycles. The van der Waals surface area contributed by atoms with Gasteiger partial charge in [-0.05, 0) is 32.6 Å². The molecule has 0 radical (unpaired) electrons. The van der Waals surface area contributed by atoms with Crippen molar-refractivity contribution in [3.05, 3.63) is 0 Å². The minimum atomic E-state index is -0.974. The Hall–Kier alpha value is -1.10. The van der Waals surface area contributed by atoms with Crippen molar-refractivity contribution in [1.29, 1.82) is 0 Å². The van der Waals surface area contributed by atoms with Crippen LogP contribution in [-0.4, -0.2) is 30.7 Å². The maximum absolute atomic E-state index is 11.8. The van der Waals surface area contributed by atoms with Gasteiger partial charge >= 0.3 is 11.9 Å². The molecule has 17 heavy (non-hydrogen) atoms. The minimum absolute atomic E-state index is 0.0828. The third-order valence-electron chi connectivity index (χ3n) is 3.87. The average Bonchev–Trinajstić information content (AvgIpc) is 2.93. The van der Waals surface area contributed by atoms with Gasteiger partial charge in [-0.3, -0.25) is 9.59 Å². The number of rotatable bonds is 4. The van der Waals surface area contributed by atoms with E-state index in [0.717, 1.165) is 6.42 Å². The zero-order valence-electron chi connectivity index (χ0n) is 10.3. The SMILES string of the molecule is CCOC(=O)C1C2CCC(N)(C(=O)OCC)C21. The molecule has 0 heterocycles. The number of carbonyl (C=O) groups is 2. The summed E-state index contributed by atoms with van der Waals surface area (Å²) in [6.07, 6.45) is 1.42. The van der Waals surface area contributed by atoms with Gasteiger partial charge in [0, 0.05) is 5.92 Å². The van der Waals surface area contributed by atoms with Crippen LogP contribution in [-0.2, 0) is 19.1 Å². The Balaban J connectivity index is 2.04. The molecule has 2 aliphatic carbocycles. The lowest BCUT2D eigenvalue weighted by Gasteiger charge is -2.24. The van der Waals surface area contributed by atoms with Gasteiger partial charge in [0.05, 0.1) is 19.1 Å². The van der Waals surface area contributed by atoms with E-state index in [-0.39, 0.29) is 29.7 Å². The molecule has 0 saturated heterocycles. The largest absolute Gasteiger partial charge is 0.466 e. The van der Waals surface area contributed by atoms with Crippen LogP contribution in [0.5, 0.6) is 0 Å². The predicted octanol–water partition coefficient (Wildman–Crippen LogP) is 0.466. The second-order valence-electron chi connectivity index (χ2n) is 4.77. The average molecular weight is 241 g/mol. The Bertz CT molecular complexity index is 343. The molecule has 0 aromatic heterocycles. The van der Waals surface area contributed by atoms with Crippen LogP contribution < -0.4 is 5.73 Å². The van der Waals surface area contributed by atoms with Crippen molar-refractivity contribution in [2.75, 3.05) is 13.2 Å². The van der Waals surface area contributed by atoms with Gasteiger partial charge in [-0.25, -0.2) is 0 Å². The van der Waals surface area contributed by atoms with E-state index in [1.165, 1.54) is 0 Å². The fraction of sp³-hybridized carbons (Fsp3) is 0.833. The number of hydrogen-bond donors (Lipinski definition) is 1. The van der Waals surface area contributed by atoms with Gasteiger partial charge in [-0.1, -0.05) is 0 Å². The first-order valence-corrected chi connectivity index (χ1v) is 6.19. The smallest absolute Gasteiger partial charge is 0.326 e. The third kappa shape index (κ3) is 1.82. The van der Waals surface area contributed by atoms with Crippen LogP contribution in [0.4, 0.5) is 0 Å². The van der Waals surface area contributed by atoms with Crippen molar-refractivity contribution in [3.63, 3.8) is 0 Å². The van der Waals surface area contributed by atoms with Crippen molar-refractivity contribution in [2.45, 2.75) is 32.2 Å². The van der Waals surface area contributed by atoms with Gasteiger partial charge in [0.2, 0.25) is 0 Å². The van der Waals surface area contributed by atoms with Crippen LogP contribution >= 0.6 is 0 Å². The van der Waals surface area contributed by atoms with E-state index >= 15 is 0 Å². The molecule has 5 heteroatoms. The van der Waals surface area contributed by atoms with Crippen molar-refractivity contribution in [3.8, 4) is 0 Å². The summed E-state index contributed by atoms with van der Waals surface area (Å²) < 4.78 is 9.99. The van der Waals surface area contributed by atoms with Gasteiger partial charge in [0.1, 0.15) is 5.54 Å². The summed E-state index contributed by atoms with van der Waals surface area (Å²) in [6.45, 7) is 4.21. The third-order valence-corrected chi connectivity index (χ3v) is 3.87. The Morgan fingerprint density at radius 1 is 1.29 bits per heavy atom. The first-order chi connectivity index (χ1) is 8.06. The van der Waals surface area contributed by atoms with E-state index in [2.05, 4.69) is 0 Å². The molecule has 2 fully saturated rings. The van der Waals surface area contributed by atoms with E-state index < -0.39 is 5.54 Å². The number of nitrogens with two attached hydrogens (primary N) is 1. The molecule has 0 aromatic carbocycles. The first kappa shape index (κ1) is 12.4. The summed E-state index contributed by atoms with van der Waals surface area (Å²) in [6, 6.07) is 0. The quantitative estimate of drug-likeness (QED) is 0.724. The maximum atomic E-state index is 11.8. The van der Waals surface area contributed by atoms with Crippen molar-refractivity contribution in [2.24, 2.45) is 23.5 Å². The molecule has 4 unspecified atom stereocenters. The Morgan fingerprint density at radius 3 is 2.53 bits per heavy atom. The molecular formula is C12H19NO4. The number of ether oxygens (including phenoxy) is 2. The van der Waals surface area contributed by atoms with Crippen LogP contribution in [0.2, 0.25) is 0 Å². The summed E-state index contributed by atoms with van der Waals surface area (Å²) in [5.74, 6) is -0.664. The molecule has 0 aromatic rings. The normalized spacial score (nSPS) is 38.4. The highest BCUT2D eigenvalue weighted by atomic mass is 16.5. The second-order valence-corrected chi connectivity index (χ2v) is 4.77. The van der Waals surface area contributed by atoms with Crippen molar-refractivity contribution in [1.82, 2.24) is 0 Å². The number of fused-ring (bicyclic) bond motifs is 1. The summed E-state index contributed by atoms with van der Waals surface area (Å²) in [5.41, 5.74) is 5.14. The number of hydrogen-bond acceptors (Lipinski definition) is 5. The fourth-order valence-electron chi connectivity index (χ4n) is 3.07. The topological polar surface area (TPSA) is 78.6 Å². The van der Waals surface area contributed by atoms with Gasteiger partial charge in [0.25, 0.3) is 0 Å². The van der Waals surface area contributed by atoms with Crippen LogP contribution in [0.1, 0.15) is 26.7 Å². The standard InChI is InChI=1S/C12H19NO4/c1-3-16-10(14)8-7-5-6-12(13,9(7)8)11(15)17-4-2/h7-9H,3-6,13H2,1-2H3. The predicted molar refractivity (Wildman–Crippen MR) is 59.9 cm³/mol. The molecule has 0 bridgehead atoms. The van der Waals surface area contributed by atoms with E-state index in [9.17, 15) is 9.59 Å². The molecule has 2 saturated carbocycles. The second kappa shape index (κ2) is 4.29. The van der Waals surface area contributed by atoms with E-state index in [1.54, 1.807) is 13.8 Å². The van der Waals surface area contributed by atoms with E-state index in [4.69, 9.17) is 15.2 Å². The summed E-state index contributed by atoms with van der Waals surface area (Å²) >= 11 is 0. The highest BCUT2D eigenvalue weighted by Gasteiger charge is 2.70. The monoisotopic (exact) mass is 241 g/mol. The number of esters is 2. The van der Waals surface area contributed by atoms with E-state index in [0.29, 0.717) is 19.6 Å². The molecule has 0 spiro atoms. The molecule has 4 atom stereocenters. The molecule has 2 aliphatic rings. The minimum Gasteiger partial charge on any atom is -0.466 e. The van der Waals surface area contributed by atoms with E-state index in [1.807, 2.05) is 0 Å². The van der Waals surface area contributed by atoms with Gasteiger partial charge in [-0.15, -0.1) is 0 Å². The van der Waals surface area contributed by atoms with Crippen LogP contribution in [0.3, 0.4) is 0 Å². The van der Waals surface area contributed by atoms with Crippen LogP contribution in [0.15, 0.2) is 0 Å². The summed E-state index contributed by atoms with van der Waals surface area (Å²) in [7, 11) is 0. The summed E-state index contributed by atoms with van der Waals surface area (Å²) in [5, 5.41) is 0. The zero-order chi connectivity index (χ0) is 12.6. The van der Waals surface area contributed by atoms with Gasteiger partial charge in [-0.2, -0.15) is 0 Å².